The van der Waals surface area contributed by atoms with Gasteiger partial charge in [-0.3, -0.25) is 0 Å². The number of nitrogens with one attached hydrogen (secondary N) is 3. The number of hydrogen-bond acceptors (Lipinski definition) is 9. The summed E-state index contributed by atoms with van der Waals surface area (Å²) in [5, 5.41) is 14.5. The molecule has 0 aromatic carbocycles. The van der Waals surface area contributed by atoms with E-state index in [4.69, 9.17) is 4.42 Å². The van der Waals surface area contributed by atoms with Crippen LogP contribution in [0.1, 0.15) is 50.5 Å². The number of thiophene rings is 1. The molecule has 3 heterocycles. The average molecular weight is 474 g/mol. The highest BCUT2D eigenvalue weighted by Gasteiger charge is 2.24. The second-order valence-corrected chi connectivity index (χ2v) is 10.6. The van der Waals surface area contributed by atoms with Crippen LogP contribution in [-0.2, 0) is 10.0 Å². The first-order valence-electron chi connectivity index (χ1n) is 9.11. The summed E-state index contributed by atoms with van der Waals surface area (Å²) in [6.07, 6.45) is 2.33. The van der Waals surface area contributed by atoms with Gasteiger partial charge in [0.1, 0.15) is 11.8 Å². The summed E-state index contributed by atoms with van der Waals surface area (Å²) < 4.78 is 50.1. The van der Waals surface area contributed by atoms with Crippen LogP contribution < -0.4 is 15.5 Å². The molecule has 0 saturated carbocycles. The van der Waals surface area contributed by atoms with Crippen molar-refractivity contribution in [3.05, 3.63) is 34.5 Å². The van der Waals surface area contributed by atoms with Gasteiger partial charge in [0, 0.05) is 9.75 Å². The van der Waals surface area contributed by atoms with E-state index in [1.54, 1.807) is 6.26 Å². The van der Waals surface area contributed by atoms with E-state index in [1.807, 2.05) is 13.0 Å². The van der Waals surface area contributed by atoms with Crippen molar-refractivity contribution >= 4 is 44.0 Å². The average Bonchev–Trinajstić information content (AvgIpc) is 3.40. The van der Waals surface area contributed by atoms with Crippen LogP contribution in [0.25, 0.3) is 0 Å². The monoisotopic (exact) mass is 473 g/mol. The molecule has 164 valence electrons. The van der Waals surface area contributed by atoms with E-state index < -0.39 is 26.9 Å². The van der Waals surface area contributed by atoms with Crippen LogP contribution in [0.15, 0.2) is 31.3 Å². The Kier molecular flexibility index (Phi) is 6.67. The quantitative estimate of drug-likeness (QED) is 0.366. The van der Waals surface area contributed by atoms with Gasteiger partial charge < -0.3 is 19.4 Å². The first kappa shape index (κ1) is 22.5. The third-order valence-electron chi connectivity index (χ3n) is 4.39. The van der Waals surface area contributed by atoms with Gasteiger partial charge in [-0.15, -0.1) is 15.7 Å². The summed E-state index contributed by atoms with van der Waals surface area (Å²) in [5.74, 6) is 0.666. The van der Waals surface area contributed by atoms with E-state index >= 15 is 0 Å². The first-order valence-corrected chi connectivity index (χ1v) is 12.6. The Labute approximate surface area is 180 Å². The van der Waals surface area contributed by atoms with Gasteiger partial charge >= 0.3 is 0 Å². The van der Waals surface area contributed by atoms with Crippen molar-refractivity contribution in [1.82, 2.24) is 13.5 Å². The molecule has 0 aliphatic carbocycles. The van der Waals surface area contributed by atoms with E-state index in [9.17, 15) is 18.1 Å². The molecule has 0 aliphatic heterocycles. The molecule has 3 aromatic rings. The van der Waals surface area contributed by atoms with Crippen LogP contribution in [0, 0.1) is 0 Å². The van der Waals surface area contributed by atoms with Crippen LogP contribution in [0.4, 0.5) is 11.5 Å². The molecule has 4 N–H and O–H groups in total. The molecule has 30 heavy (non-hydrogen) atoms. The number of nitrogens with zero attached hydrogens (tertiary/aromatic N) is 2. The number of aromatic amines is 1. The van der Waals surface area contributed by atoms with Crippen molar-refractivity contribution in [3.63, 3.8) is 0 Å². The van der Waals surface area contributed by atoms with Crippen molar-refractivity contribution in [3.8, 4) is 5.75 Å². The zero-order chi connectivity index (χ0) is 22.1. The summed E-state index contributed by atoms with van der Waals surface area (Å²) in [5.41, 5.74) is 1.40. The molecule has 0 spiro atoms. The maximum atomic E-state index is 12.0. The fourth-order valence-electron chi connectivity index (χ4n) is 2.64. The van der Waals surface area contributed by atoms with Crippen LogP contribution in [0.5, 0.6) is 5.75 Å². The zero-order valence-electron chi connectivity index (χ0n) is 16.8. The van der Waals surface area contributed by atoms with E-state index in [2.05, 4.69) is 37.6 Å². The Morgan fingerprint density at radius 3 is 2.80 bits per heavy atom. The van der Waals surface area contributed by atoms with Gasteiger partial charge in [0.25, 0.3) is 10.0 Å². The Bertz CT molecular complexity index is 1190. The van der Waals surface area contributed by atoms with Gasteiger partial charge in [-0.2, -0.15) is 0 Å². The van der Waals surface area contributed by atoms with Crippen molar-refractivity contribution in [2.24, 2.45) is 4.99 Å². The number of anilines is 2. The lowest BCUT2D eigenvalue weighted by Crippen LogP contribution is -2.17. The highest BCUT2D eigenvalue weighted by molar-refractivity contribution is 7.91. The molecule has 0 aliphatic rings. The Morgan fingerprint density at radius 2 is 2.20 bits per heavy atom. The van der Waals surface area contributed by atoms with Gasteiger partial charge in [0.05, 0.1) is 12.0 Å². The van der Waals surface area contributed by atoms with Crippen molar-refractivity contribution in [2.45, 2.75) is 43.4 Å². The minimum Gasteiger partial charge on any atom is -0.548 e. The highest BCUT2D eigenvalue weighted by atomic mass is 32.2. The van der Waals surface area contributed by atoms with Crippen LogP contribution in [0.2, 0.25) is 0 Å². The van der Waals surface area contributed by atoms with E-state index in [1.165, 1.54) is 12.4 Å². The Hall–Kier alpha value is -2.19. The predicted molar refractivity (Wildman–Crippen MR) is 114 cm³/mol. The van der Waals surface area contributed by atoms with E-state index in [-0.39, 0.29) is 27.2 Å². The number of H-pyrrole nitrogens is 1. The van der Waals surface area contributed by atoms with Crippen molar-refractivity contribution < 1.29 is 22.5 Å². The molecule has 0 bridgehead atoms. The summed E-state index contributed by atoms with van der Waals surface area (Å²) in [6.45, 7) is 6.07. The van der Waals surface area contributed by atoms with E-state index in [0.717, 1.165) is 16.9 Å². The predicted octanol–water partition coefficient (Wildman–Crippen LogP) is 3.32. The third-order valence-corrected chi connectivity index (χ3v) is 8.03. The largest absolute Gasteiger partial charge is 0.548 e. The molecule has 0 saturated heterocycles. The molecule has 2 atom stereocenters. The fraction of sp³-hybridized carbons (Fsp3) is 0.412. The second kappa shape index (κ2) is 8.89. The smallest absolute Gasteiger partial charge is 0.253 e. The molecule has 3 rings (SSSR count). The minimum absolute atomic E-state index is 0.120. The molecule has 0 fully saturated rings. The molecule has 10 nitrogen and oxygen atoms in total. The normalized spacial score (nSPS) is 14.5. The number of aromatic nitrogens is 2. The van der Waals surface area contributed by atoms with Crippen LogP contribution in [-0.4, -0.2) is 33.9 Å². The molecule has 1 unspecified atom stereocenters. The standard InChI is InChI=1S/C17H23N5O5S3/c1-5-11(13-6-10(7-27-13)9(2)3)19-15-16(22-29(24)21-15)20-12-8-28-17(14(12)23)30(25,26)18-4/h6-9,11,18,23H,5H2,1-4H3,(H,19,21)(H,20,22)/t11-,29?/m1/s1. The van der Waals surface area contributed by atoms with Gasteiger partial charge in [-0.05, 0) is 31.0 Å². The number of aromatic hydroxyl groups is 1. The molecular weight excluding hydrogens is 450 g/mol. The Balaban J connectivity index is 1.96. The maximum absolute atomic E-state index is 12.0. The Morgan fingerprint density at radius 1 is 1.47 bits per heavy atom. The third kappa shape index (κ3) is 4.59. The summed E-state index contributed by atoms with van der Waals surface area (Å²) >= 11 is -0.902. The van der Waals surface area contributed by atoms with Crippen LogP contribution >= 0.6 is 22.5 Å². The molecule has 0 amide bonds. The first-order chi connectivity index (χ1) is 14.2. The number of hydrogen-bond donors (Lipinski definition) is 4. The summed E-state index contributed by atoms with van der Waals surface area (Å²) in [4.78, 5) is 4.58. The van der Waals surface area contributed by atoms with Crippen molar-refractivity contribution in [1.29, 1.82) is 0 Å². The van der Waals surface area contributed by atoms with E-state index in [0.29, 0.717) is 18.1 Å². The maximum Gasteiger partial charge on any atom is 0.253 e. The lowest BCUT2D eigenvalue weighted by atomic mass is 10.1. The lowest BCUT2D eigenvalue weighted by Gasteiger charge is -2.05. The molecule has 0 radical (unpaired) electrons. The van der Waals surface area contributed by atoms with Gasteiger partial charge in [0.15, 0.2) is 21.1 Å². The van der Waals surface area contributed by atoms with Gasteiger partial charge in [-0.25, -0.2) is 18.1 Å². The topological polar surface area (TPSA) is 156 Å². The van der Waals surface area contributed by atoms with Gasteiger partial charge in [0.2, 0.25) is 11.3 Å². The lowest BCUT2D eigenvalue weighted by molar-refractivity contribution is 0.455. The second-order valence-electron chi connectivity index (χ2n) is 6.75. The number of rotatable bonds is 8. The SMILES string of the molecule is CC[C@@H](N=c1[nH][s+]([O-])nc1Nc1csc(S(=O)(=O)NC)c1O)c1cc(C(C)C)co1. The molecule has 13 heteroatoms. The minimum atomic E-state index is -3.81. The van der Waals surface area contributed by atoms with Gasteiger partial charge in [-0.1, -0.05) is 20.8 Å². The van der Waals surface area contributed by atoms with Crippen molar-refractivity contribution in [2.75, 3.05) is 12.4 Å². The number of sulfonamides is 1. The fourth-order valence-corrected chi connectivity index (χ4v) is 5.37. The summed E-state index contributed by atoms with van der Waals surface area (Å²) in [6, 6.07) is 1.61. The number of furan rings is 1. The molecule has 3 aromatic heterocycles. The highest BCUT2D eigenvalue weighted by Crippen LogP contribution is 2.38. The van der Waals surface area contributed by atoms with Crippen LogP contribution in [0.3, 0.4) is 0 Å². The molecular formula is C17H23N5O5S3. The summed E-state index contributed by atoms with van der Waals surface area (Å²) in [7, 11) is -2.55. The zero-order valence-corrected chi connectivity index (χ0v) is 19.2.